The lowest BCUT2D eigenvalue weighted by Gasteiger charge is -2.34. The van der Waals surface area contributed by atoms with E-state index in [1.165, 1.54) is 5.69 Å². The number of hydrogen-bond donors (Lipinski definition) is 0. The summed E-state index contributed by atoms with van der Waals surface area (Å²) in [6.45, 7) is 4.27. The summed E-state index contributed by atoms with van der Waals surface area (Å²) >= 11 is 0. The second kappa shape index (κ2) is 5.64. The molecule has 0 spiro atoms. The van der Waals surface area contributed by atoms with Crippen LogP contribution in [0.4, 0.5) is 5.69 Å². The Morgan fingerprint density at radius 1 is 1.12 bits per heavy atom. The SMILES string of the molecule is CN1CCN(c2ccccc2C=CC=O)CC1. The van der Waals surface area contributed by atoms with E-state index in [0.717, 1.165) is 38.0 Å². The highest BCUT2D eigenvalue weighted by molar-refractivity contribution is 5.78. The van der Waals surface area contributed by atoms with Crippen LogP contribution in [0.5, 0.6) is 0 Å². The van der Waals surface area contributed by atoms with Crippen molar-refractivity contribution in [3.63, 3.8) is 0 Å². The van der Waals surface area contributed by atoms with Crippen molar-refractivity contribution in [2.24, 2.45) is 0 Å². The summed E-state index contributed by atoms with van der Waals surface area (Å²) in [7, 11) is 2.15. The van der Waals surface area contributed by atoms with Crippen LogP contribution in [0.2, 0.25) is 0 Å². The van der Waals surface area contributed by atoms with Gasteiger partial charge in [-0.2, -0.15) is 0 Å². The average Bonchev–Trinajstić information content (AvgIpc) is 2.38. The fraction of sp³-hybridized carbons (Fsp3) is 0.357. The maximum absolute atomic E-state index is 10.4. The Hall–Kier alpha value is -1.61. The van der Waals surface area contributed by atoms with E-state index >= 15 is 0 Å². The lowest BCUT2D eigenvalue weighted by molar-refractivity contribution is -0.104. The van der Waals surface area contributed by atoms with Crippen LogP contribution in [0.25, 0.3) is 6.08 Å². The molecule has 17 heavy (non-hydrogen) atoms. The van der Waals surface area contributed by atoms with Crippen molar-refractivity contribution < 1.29 is 4.79 Å². The number of hydrogen-bond acceptors (Lipinski definition) is 3. The topological polar surface area (TPSA) is 23.6 Å². The molecule has 90 valence electrons. The molecular weight excluding hydrogens is 212 g/mol. The molecule has 1 fully saturated rings. The van der Waals surface area contributed by atoms with Crippen molar-refractivity contribution in [1.82, 2.24) is 4.90 Å². The van der Waals surface area contributed by atoms with E-state index < -0.39 is 0 Å². The molecule has 0 aliphatic carbocycles. The van der Waals surface area contributed by atoms with E-state index in [4.69, 9.17) is 0 Å². The van der Waals surface area contributed by atoms with E-state index in [2.05, 4.69) is 22.9 Å². The monoisotopic (exact) mass is 230 g/mol. The van der Waals surface area contributed by atoms with Gasteiger partial charge in [-0.1, -0.05) is 18.2 Å². The number of aldehydes is 1. The number of para-hydroxylation sites is 1. The Balaban J connectivity index is 2.19. The zero-order valence-electron chi connectivity index (χ0n) is 10.2. The van der Waals surface area contributed by atoms with Gasteiger partial charge in [0, 0.05) is 31.9 Å². The van der Waals surface area contributed by atoms with Crippen molar-refractivity contribution in [3.8, 4) is 0 Å². The average molecular weight is 230 g/mol. The van der Waals surface area contributed by atoms with Gasteiger partial charge in [0.1, 0.15) is 6.29 Å². The number of rotatable bonds is 3. The lowest BCUT2D eigenvalue weighted by atomic mass is 10.1. The molecule has 1 saturated heterocycles. The van der Waals surface area contributed by atoms with Crippen molar-refractivity contribution in [3.05, 3.63) is 35.9 Å². The number of allylic oxidation sites excluding steroid dienone is 1. The third-order valence-corrected chi connectivity index (χ3v) is 3.14. The van der Waals surface area contributed by atoms with E-state index in [0.29, 0.717) is 0 Å². The summed E-state index contributed by atoms with van der Waals surface area (Å²) in [5, 5.41) is 0. The smallest absolute Gasteiger partial charge is 0.142 e. The van der Waals surface area contributed by atoms with Crippen LogP contribution in [-0.4, -0.2) is 44.4 Å². The van der Waals surface area contributed by atoms with Gasteiger partial charge in [-0.25, -0.2) is 0 Å². The molecule has 0 N–H and O–H groups in total. The Labute approximate surface area is 102 Å². The number of likely N-dealkylation sites (N-methyl/N-ethyl adjacent to an activating group) is 1. The summed E-state index contributed by atoms with van der Waals surface area (Å²) in [5.74, 6) is 0. The standard InChI is InChI=1S/C14H18N2O/c1-15-8-10-16(11-9-15)14-7-3-2-5-13(14)6-4-12-17/h2-7,12H,8-11H2,1H3. The Kier molecular flexibility index (Phi) is 3.94. The lowest BCUT2D eigenvalue weighted by Crippen LogP contribution is -2.44. The Bertz CT molecular complexity index is 406. The highest BCUT2D eigenvalue weighted by Gasteiger charge is 2.15. The van der Waals surface area contributed by atoms with Gasteiger partial charge in [0.25, 0.3) is 0 Å². The van der Waals surface area contributed by atoms with Crippen molar-refractivity contribution in [1.29, 1.82) is 0 Å². The number of piperazine rings is 1. The van der Waals surface area contributed by atoms with E-state index in [1.807, 2.05) is 24.3 Å². The first kappa shape index (κ1) is 11.9. The van der Waals surface area contributed by atoms with Crippen molar-refractivity contribution in [2.45, 2.75) is 0 Å². The molecule has 2 rings (SSSR count). The first-order valence-electron chi connectivity index (χ1n) is 5.95. The number of benzene rings is 1. The van der Waals surface area contributed by atoms with Crippen LogP contribution < -0.4 is 4.90 Å². The number of carbonyl (C=O) groups excluding carboxylic acids is 1. The minimum atomic E-state index is 0.820. The van der Waals surface area contributed by atoms with Gasteiger partial charge in [-0.15, -0.1) is 0 Å². The number of nitrogens with zero attached hydrogens (tertiary/aromatic N) is 2. The quantitative estimate of drug-likeness (QED) is 0.582. The predicted molar refractivity (Wildman–Crippen MR) is 71.3 cm³/mol. The largest absolute Gasteiger partial charge is 0.368 e. The second-order valence-corrected chi connectivity index (χ2v) is 4.34. The third kappa shape index (κ3) is 2.94. The molecule has 0 saturated carbocycles. The number of anilines is 1. The fourth-order valence-corrected chi connectivity index (χ4v) is 2.11. The molecular formula is C14H18N2O. The van der Waals surface area contributed by atoms with Gasteiger partial charge in [0.05, 0.1) is 0 Å². The third-order valence-electron chi connectivity index (χ3n) is 3.14. The fourth-order valence-electron chi connectivity index (χ4n) is 2.11. The van der Waals surface area contributed by atoms with Gasteiger partial charge in [0.15, 0.2) is 0 Å². The van der Waals surface area contributed by atoms with Crippen LogP contribution in [-0.2, 0) is 4.79 Å². The maximum atomic E-state index is 10.4. The van der Waals surface area contributed by atoms with Gasteiger partial charge < -0.3 is 9.80 Å². The van der Waals surface area contributed by atoms with E-state index in [9.17, 15) is 4.79 Å². The molecule has 1 aliphatic heterocycles. The van der Waals surface area contributed by atoms with Gasteiger partial charge in [-0.05, 0) is 30.8 Å². The summed E-state index contributed by atoms with van der Waals surface area (Å²) in [6.07, 6.45) is 4.25. The first-order valence-corrected chi connectivity index (χ1v) is 5.95. The second-order valence-electron chi connectivity index (χ2n) is 4.34. The van der Waals surface area contributed by atoms with Crippen LogP contribution >= 0.6 is 0 Å². The molecule has 0 bridgehead atoms. The highest BCUT2D eigenvalue weighted by atomic mass is 16.1. The summed E-state index contributed by atoms with van der Waals surface area (Å²) < 4.78 is 0. The summed E-state index contributed by atoms with van der Waals surface area (Å²) in [4.78, 5) is 15.1. The van der Waals surface area contributed by atoms with Gasteiger partial charge in [-0.3, -0.25) is 4.79 Å². The van der Waals surface area contributed by atoms with Gasteiger partial charge in [0.2, 0.25) is 0 Å². The van der Waals surface area contributed by atoms with Crippen molar-refractivity contribution in [2.75, 3.05) is 38.1 Å². The zero-order valence-corrected chi connectivity index (χ0v) is 10.2. The summed E-state index contributed by atoms with van der Waals surface area (Å²) in [5.41, 5.74) is 2.34. The Morgan fingerprint density at radius 2 is 1.82 bits per heavy atom. The maximum Gasteiger partial charge on any atom is 0.142 e. The van der Waals surface area contributed by atoms with Crippen LogP contribution in [0, 0.1) is 0 Å². The zero-order chi connectivity index (χ0) is 12.1. The predicted octanol–water partition coefficient (Wildman–Crippen LogP) is 1.65. The minimum Gasteiger partial charge on any atom is -0.368 e. The molecule has 1 heterocycles. The molecule has 1 aromatic rings. The number of carbonyl (C=O) groups is 1. The van der Waals surface area contributed by atoms with Crippen molar-refractivity contribution >= 4 is 18.0 Å². The molecule has 0 atom stereocenters. The van der Waals surface area contributed by atoms with Crippen LogP contribution in [0.1, 0.15) is 5.56 Å². The molecule has 0 aromatic heterocycles. The molecule has 0 amide bonds. The van der Waals surface area contributed by atoms with Crippen LogP contribution in [0.3, 0.4) is 0 Å². The molecule has 0 unspecified atom stereocenters. The minimum absolute atomic E-state index is 0.820. The van der Waals surface area contributed by atoms with E-state index in [1.54, 1.807) is 6.08 Å². The molecule has 0 radical (unpaired) electrons. The molecule has 1 aromatic carbocycles. The molecule has 3 heteroatoms. The Morgan fingerprint density at radius 3 is 2.53 bits per heavy atom. The highest BCUT2D eigenvalue weighted by Crippen LogP contribution is 2.22. The van der Waals surface area contributed by atoms with Gasteiger partial charge >= 0.3 is 0 Å². The molecule has 3 nitrogen and oxygen atoms in total. The van der Waals surface area contributed by atoms with E-state index in [-0.39, 0.29) is 0 Å². The molecule has 1 aliphatic rings. The van der Waals surface area contributed by atoms with Crippen LogP contribution in [0.15, 0.2) is 30.3 Å². The summed E-state index contributed by atoms with van der Waals surface area (Å²) in [6, 6.07) is 8.22. The normalized spacial score (nSPS) is 17.6. The first-order chi connectivity index (χ1) is 8.31.